The minimum absolute atomic E-state index is 0.326. The van der Waals surface area contributed by atoms with Gasteiger partial charge in [0.2, 0.25) is 0 Å². The number of hydrogen-bond acceptors (Lipinski definition) is 4. The Morgan fingerprint density at radius 1 is 1.03 bits per heavy atom. The summed E-state index contributed by atoms with van der Waals surface area (Å²) in [6.45, 7) is 3.43. The Hall–Kier alpha value is -3.38. The van der Waals surface area contributed by atoms with Crippen LogP contribution in [0.25, 0.3) is 0 Å². The highest BCUT2D eigenvalue weighted by Crippen LogP contribution is 2.39. The van der Waals surface area contributed by atoms with Crippen molar-refractivity contribution in [2.75, 3.05) is 13.2 Å². The zero-order valence-corrected chi connectivity index (χ0v) is 18.6. The molecular weight excluding hydrogens is 421 g/mol. The molecule has 1 heterocycles. The monoisotopic (exact) mass is 449 g/mol. The number of benzene rings is 3. The van der Waals surface area contributed by atoms with Crippen LogP contribution in [-0.4, -0.2) is 35.2 Å². The van der Waals surface area contributed by atoms with E-state index in [4.69, 9.17) is 9.47 Å². The van der Waals surface area contributed by atoms with Crippen LogP contribution in [0.2, 0.25) is 0 Å². The molecule has 0 saturated carbocycles. The van der Waals surface area contributed by atoms with Crippen molar-refractivity contribution in [2.45, 2.75) is 38.5 Å². The first-order valence-electron chi connectivity index (χ1n) is 11.2. The van der Waals surface area contributed by atoms with Crippen LogP contribution in [0.3, 0.4) is 0 Å². The van der Waals surface area contributed by atoms with Crippen molar-refractivity contribution >= 4 is 5.97 Å². The van der Waals surface area contributed by atoms with E-state index in [1.807, 2.05) is 60.4 Å². The van der Waals surface area contributed by atoms with Crippen molar-refractivity contribution in [2.24, 2.45) is 0 Å². The van der Waals surface area contributed by atoms with Gasteiger partial charge in [-0.3, -0.25) is 9.69 Å². The van der Waals surface area contributed by atoms with Crippen LogP contribution in [0.4, 0.5) is 4.39 Å². The molecule has 2 unspecified atom stereocenters. The summed E-state index contributed by atoms with van der Waals surface area (Å²) in [4.78, 5) is 13.9. The van der Waals surface area contributed by atoms with Crippen LogP contribution in [0.1, 0.15) is 42.5 Å². The molecule has 1 saturated heterocycles. The topological polar surface area (TPSA) is 59.0 Å². The molecule has 3 aromatic carbocycles. The normalized spacial score (nSPS) is 17.0. The van der Waals surface area contributed by atoms with Gasteiger partial charge in [-0.25, -0.2) is 4.39 Å². The molecule has 172 valence electrons. The van der Waals surface area contributed by atoms with Gasteiger partial charge in [0.1, 0.15) is 18.5 Å². The third-order valence-electron chi connectivity index (χ3n) is 5.92. The second-order valence-electron chi connectivity index (χ2n) is 8.10. The number of carbonyl (C=O) groups is 1. The largest absolute Gasteiger partial charge is 0.490 e. The molecule has 1 aliphatic rings. The van der Waals surface area contributed by atoms with Crippen LogP contribution in [0.15, 0.2) is 72.8 Å². The van der Waals surface area contributed by atoms with Gasteiger partial charge < -0.3 is 14.6 Å². The smallest absolute Gasteiger partial charge is 0.320 e. The second kappa shape index (κ2) is 10.5. The number of carboxylic acids is 1. The highest BCUT2D eigenvalue weighted by atomic mass is 19.1. The van der Waals surface area contributed by atoms with E-state index in [-0.39, 0.29) is 11.9 Å². The number of ether oxygens (including phenoxy) is 2. The van der Waals surface area contributed by atoms with Gasteiger partial charge in [0, 0.05) is 6.54 Å². The Bertz CT molecular complexity index is 1070. The maximum absolute atomic E-state index is 13.6. The molecule has 1 fully saturated rings. The molecule has 0 spiro atoms. The van der Waals surface area contributed by atoms with Gasteiger partial charge in [-0.2, -0.15) is 0 Å². The molecule has 0 amide bonds. The standard InChI is InChI=1S/C27H28FNO4/c1-2-32-25-17-21(12-15-24(25)33-18-19-7-4-3-5-8-19)26(20-10-13-22(28)14-11-20)29-16-6-9-23(29)27(30)31/h3-5,7-8,10-15,17,23,26H,2,6,9,16,18H2,1H3,(H,30,31). The Morgan fingerprint density at radius 2 is 1.76 bits per heavy atom. The second-order valence-corrected chi connectivity index (χ2v) is 8.10. The Labute approximate surface area is 193 Å². The SMILES string of the molecule is CCOc1cc(C(c2ccc(F)cc2)N2CCCC2C(=O)O)ccc1OCc1ccccc1. The minimum Gasteiger partial charge on any atom is -0.490 e. The highest BCUT2D eigenvalue weighted by Gasteiger charge is 2.37. The molecule has 33 heavy (non-hydrogen) atoms. The summed E-state index contributed by atoms with van der Waals surface area (Å²) in [5.41, 5.74) is 2.77. The number of rotatable bonds is 9. The molecule has 0 bridgehead atoms. The van der Waals surface area contributed by atoms with Crippen molar-refractivity contribution in [3.05, 3.63) is 95.3 Å². The maximum atomic E-state index is 13.6. The van der Waals surface area contributed by atoms with Crippen LogP contribution in [0, 0.1) is 5.82 Å². The Morgan fingerprint density at radius 3 is 2.45 bits per heavy atom. The number of nitrogens with zero attached hydrogens (tertiary/aromatic N) is 1. The lowest BCUT2D eigenvalue weighted by Crippen LogP contribution is -2.39. The fourth-order valence-electron chi connectivity index (χ4n) is 4.40. The summed E-state index contributed by atoms with van der Waals surface area (Å²) in [5, 5.41) is 9.79. The van der Waals surface area contributed by atoms with Crippen molar-refractivity contribution in [3.8, 4) is 11.5 Å². The van der Waals surface area contributed by atoms with E-state index in [0.29, 0.717) is 37.7 Å². The lowest BCUT2D eigenvalue weighted by atomic mass is 9.95. The summed E-state index contributed by atoms with van der Waals surface area (Å²) >= 11 is 0. The summed E-state index contributed by atoms with van der Waals surface area (Å²) in [6.07, 6.45) is 1.38. The van der Waals surface area contributed by atoms with Gasteiger partial charge in [0.15, 0.2) is 11.5 Å². The number of halogens is 1. The highest BCUT2D eigenvalue weighted by molar-refractivity contribution is 5.74. The average molecular weight is 450 g/mol. The fraction of sp³-hybridized carbons (Fsp3) is 0.296. The quantitative estimate of drug-likeness (QED) is 0.471. The van der Waals surface area contributed by atoms with Gasteiger partial charge in [0.05, 0.1) is 12.6 Å². The van der Waals surface area contributed by atoms with E-state index in [0.717, 1.165) is 23.1 Å². The zero-order chi connectivity index (χ0) is 23.2. The lowest BCUT2D eigenvalue weighted by molar-refractivity contribution is -0.142. The predicted molar refractivity (Wildman–Crippen MR) is 124 cm³/mol. The van der Waals surface area contributed by atoms with Crippen molar-refractivity contribution in [3.63, 3.8) is 0 Å². The van der Waals surface area contributed by atoms with E-state index >= 15 is 0 Å². The van der Waals surface area contributed by atoms with Gasteiger partial charge in [-0.15, -0.1) is 0 Å². The fourth-order valence-corrected chi connectivity index (χ4v) is 4.40. The first-order chi connectivity index (χ1) is 16.1. The third-order valence-corrected chi connectivity index (χ3v) is 5.92. The van der Waals surface area contributed by atoms with E-state index < -0.39 is 12.0 Å². The van der Waals surface area contributed by atoms with Crippen LogP contribution >= 0.6 is 0 Å². The Balaban J connectivity index is 1.69. The summed E-state index contributed by atoms with van der Waals surface area (Å²) in [7, 11) is 0. The van der Waals surface area contributed by atoms with Crippen LogP contribution in [0.5, 0.6) is 11.5 Å². The first-order valence-corrected chi connectivity index (χ1v) is 11.2. The van der Waals surface area contributed by atoms with Crippen LogP contribution in [-0.2, 0) is 11.4 Å². The summed E-state index contributed by atoms with van der Waals surface area (Å²) in [5.74, 6) is 0.0588. The molecule has 2 atom stereocenters. The first kappa shape index (κ1) is 22.8. The van der Waals surface area contributed by atoms with E-state index in [1.54, 1.807) is 12.1 Å². The van der Waals surface area contributed by atoms with E-state index in [1.165, 1.54) is 12.1 Å². The molecule has 3 aromatic rings. The van der Waals surface area contributed by atoms with Crippen molar-refractivity contribution < 1.29 is 23.8 Å². The van der Waals surface area contributed by atoms with Crippen molar-refractivity contribution in [1.29, 1.82) is 0 Å². The van der Waals surface area contributed by atoms with Gasteiger partial charge >= 0.3 is 5.97 Å². The molecule has 1 N–H and O–H groups in total. The minimum atomic E-state index is -0.840. The molecule has 0 aliphatic carbocycles. The Kier molecular flexibility index (Phi) is 7.25. The molecular formula is C27H28FNO4. The predicted octanol–water partition coefficient (Wildman–Crippen LogP) is 5.44. The van der Waals surface area contributed by atoms with Crippen molar-refractivity contribution in [1.82, 2.24) is 4.90 Å². The molecule has 0 radical (unpaired) electrons. The van der Waals surface area contributed by atoms with E-state index in [2.05, 4.69) is 0 Å². The number of hydrogen-bond donors (Lipinski definition) is 1. The van der Waals surface area contributed by atoms with Crippen LogP contribution < -0.4 is 9.47 Å². The summed E-state index contributed by atoms with van der Waals surface area (Å²) in [6, 6.07) is 20.9. The van der Waals surface area contributed by atoms with Gasteiger partial charge in [-0.1, -0.05) is 48.5 Å². The number of aliphatic carboxylic acids is 1. The molecule has 6 heteroatoms. The van der Waals surface area contributed by atoms with E-state index in [9.17, 15) is 14.3 Å². The maximum Gasteiger partial charge on any atom is 0.320 e. The average Bonchev–Trinajstić information content (AvgIpc) is 3.31. The molecule has 5 nitrogen and oxygen atoms in total. The molecule has 0 aromatic heterocycles. The van der Waals surface area contributed by atoms with Gasteiger partial charge in [-0.05, 0) is 60.7 Å². The number of likely N-dealkylation sites (tertiary alicyclic amines) is 1. The zero-order valence-electron chi connectivity index (χ0n) is 18.6. The lowest BCUT2D eigenvalue weighted by Gasteiger charge is -2.32. The molecule has 1 aliphatic heterocycles. The van der Waals surface area contributed by atoms with Gasteiger partial charge in [0.25, 0.3) is 0 Å². The number of carboxylic acid groups (broad SMARTS) is 1. The summed E-state index contributed by atoms with van der Waals surface area (Å²) < 4.78 is 25.6. The molecule has 4 rings (SSSR count). The third kappa shape index (κ3) is 5.34.